The Hall–Kier alpha value is -3.75. The molecule has 1 unspecified atom stereocenters. The Morgan fingerprint density at radius 3 is 2.32 bits per heavy atom. The third kappa shape index (κ3) is 3.52. The molecule has 31 heavy (non-hydrogen) atoms. The lowest BCUT2D eigenvalue weighted by atomic mass is 9.79. The summed E-state index contributed by atoms with van der Waals surface area (Å²) in [5.74, 6) is -1.20. The predicted molar refractivity (Wildman–Crippen MR) is 109 cm³/mol. The van der Waals surface area contributed by atoms with E-state index in [9.17, 15) is 23.7 Å². The standard InChI is InChI=1S/C22H13ClF3N5/c1-11-15-8-13(4-7-18(15)31-30-11)19-16(9-27)20(12-2-5-14(23)6-3-12)29-21(17(19)10-28)22(24,25)26/h2-8,19,29H,1H3,(H,30,31). The molecule has 1 atom stereocenters. The SMILES string of the molecule is Cc1[nH]nc2ccc(C3C(C#N)=C(c4ccc(Cl)cc4)NC(C(F)(F)F)=C3C#N)cc12. The van der Waals surface area contributed by atoms with Gasteiger partial charge in [0.15, 0.2) is 0 Å². The van der Waals surface area contributed by atoms with Gasteiger partial charge in [0.05, 0.1) is 40.4 Å². The Morgan fingerprint density at radius 2 is 1.71 bits per heavy atom. The van der Waals surface area contributed by atoms with Gasteiger partial charge in [-0.2, -0.15) is 28.8 Å². The summed E-state index contributed by atoms with van der Waals surface area (Å²) in [6, 6.07) is 14.7. The Labute approximate surface area is 180 Å². The maximum absolute atomic E-state index is 13.9. The lowest BCUT2D eigenvalue weighted by Gasteiger charge is -2.30. The molecule has 0 amide bonds. The molecular formula is C22H13ClF3N5. The number of hydrogen-bond acceptors (Lipinski definition) is 4. The van der Waals surface area contributed by atoms with Gasteiger partial charge in [-0.1, -0.05) is 29.8 Å². The van der Waals surface area contributed by atoms with Crippen molar-refractivity contribution in [2.75, 3.05) is 0 Å². The number of aryl methyl sites for hydroxylation is 1. The number of nitriles is 2. The number of benzene rings is 2. The van der Waals surface area contributed by atoms with Crippen molar-refractivity contribution in [3.63, 3.8) is 0 Å². The van der Waals surface area contributed by atoms with Crippen molar-refractivity contribution in [1.82, 2.24) is 15.5 Å². The zero-order valence-electron chi connectivity index (χ0n) is 16.0. The summed E-state index contributed by atoms with van der Waals surface area (Å²) in [7, 11) is 0. The highest BCUT2D eigenvalue weighted by Gasteiger charge is 2.44. The molecule has 5 nitrogen and oxygen atoms in total. The first-order valence-electron chi connectivity index (χ1n) is 9.08. The topological polar surface area (TPSA) is 88.3 Å². The van der Waals surface area contributed by atoms with E-state index in [1.165, 1.54) is 24.3 Å². The van der Waals surface area contributed by atoms with Crippen LogP contribution in [-0.2, 0) is 0 Å². The summed E-state index contributed by atoms with van der Waals surface area (Å²) in [4.78, 5) is 0. The number of rotatable bonds is 2. The highest BCUT2D eigenvalue weighted by molar-refractivity contribution is 6.30. The van der Waals surface area contributed by atoms with Crippen LogP contribution >= 0.6 is 11.6 Å². The van der Waals surface area contributed by atoms with Gasteiger partial charge in [-0.05, 0) is 42.3 Å². The lowest BCUT2D eigenvalue weighted by molar-refractivity contribution is -0.0962. The molecule has 0 bridgehead atoms. The van der Waals surface area contributed by atoms with E-state index in [1.807, 2.05) is 6.07 Å². The molecule has 9 heteroatoms. The van der Waals surface area contributed by atoms with Crippen LogP contribution in [0.3, 0.4) is 0 Å². The molecule has 0 spiro atoms. The van der Waals surface area contributed by atoms with Gasteiger partial charge in [0.2, 0.25) is 0 Å². The van der Waals surface area contributed by atoms with Crippen LogP contribution in [0.15, 0.2) is 59.3 Å². The fraction of sp³-hybridized carbons (Fsp3) is 0.136. The molecule has 1 aliphatic rings. The number of H-pyrrole nitrogens is 1. The van der Waals surface area contributed by atoms with Crippen LogP contribution in [0.4, 0.5) is 13.2 Å². The molecule has 4 rings (SSSR count). The summed E-state index contributed by atoms with van der Waals surface area (Å²) in [6.45, 7) is 1.78. The second-order valence-electron chi connectivity index (χ2n) is 6.99. The van der Waals surface area contributed by atoms with Gasteiger partial charge in [-0.15, -0.1) is 0 Å². The van der Waals surface area contributed by atoms with E-state index in [0.717, 1.165) is 5.69 Å². The largest absolute Gasteiger partial charge is 0.432 e. The summed E-state index contributed by atoms with van der Waals surface area (Å²) < 4.78 is 41.7. The summed E-state index contributed by atoms with van der Waals surface area (Å²) in [5, 5.41) is 30.0. The molecule has 2 N–H and O–H groups in total. The molecule has 1 aromatic heterocycles. The first-order chi connectivity index (χ1) is 14.7. The highest BCUT2D eigenvalue weighted by atomic mass is 35.5. The number of nitrogens with zero attached hydrogens (tertiary/aromatic N) is 3. The molecule has 0 aliphatic carbocycles. The predicted octanol–water partition coefficient (Wildman–Crippen LogP) is 5.49. The fourth-order valence-electron chi connectivity index (χ4n) is 3.67. The van der Waals surface area contributed by atoms with E-state index in [4.69, 9.17) is 11.6 Å². The van der Waals surface area contributed by atoms with Crippen LogP contribution in [0.1, 0.15) is 22.7 Å². The third-order valence-electron chi connectivity index (χ3n) is 5.13. The second kappa shape index (κ2) is 7.50. The number of allylic oxidation sites excluding steroid dienone is 3. The van der Waals surface area contributed by atoms with Gasteiger partial charge in [-0.25, -0.2) is 0 Å². The molecule has 3 aromatic rings. The fourth-order valence-corrected chi connectivity index (χ4v) is 3.80. The number of aromatic nitrogens is 2. The van der Waals surface area contributed by atoms with Crippen LogP contribution in [0, 0.1) is 29.6 Å². The molecule has 0 radical (unpaired) electrons. The monoisotopic (exact) mass is 439 g/mol. The smallest absolute Gasteiger partial charge is 0.349 e. The summed E-state index contributed by atoms with van der Waals surface area (Å²) in [5.41, 5.74) is 0.339. The van der Waals surface area contributed by atoms with Crippen LogP contribution < -0.4 is 5.32 Å². The number of alkyl halides is 3. The van der Waals surface area contributed by atoms with Crippen molar-refractivity contribution in [1.29, 1.82) is 10.5 Å². The van der Waals surface area contributed by atoms with Crippen molar-refractivity contribution in [2.24, 2.45) is 0 Å². The molecule has 1 aliphatic heterocycles. The maximum Gasteiger partial charge on any atom is 0.432 e. The van der Waals surface area contributed by atoms with Gasteiger partial charge in [-0.3, -0.25) is 5.10 Å². The van der Waals surface area contributed by atoms with Crippen molar-refractivity contribution >= 4 is 28.2 Å². The number of fused-ring (bicyclic) bond motifs is 1. The zero-order valence-corrected chi connectivity index (χ0v) is 16.7. The maximum atomic E-state index is 13.9. The minimum atomic E-state index is -4.82. The number of nitrogens with one attached hydrogen (secondary N) is 2. The second-order valence-corrected chi connectivity index (χ2v) is 7.43. The summed E-state index contributed by atoms with van der Waals surface area (Å²) >= 11 is 5.91. The summed E-state index contributed by atoms with van der Waals surface area (Å²) in [6.07, 6.45) is -4.82. The normalized spacial score (nSPS) is 16.8. The van der Waals surface area contributed by atoms with E-state index in [-0.39, 0.29) is 11.3 Å². The van der Waals surface area contributed by atoms with E-state index >= 15 is 0 Å². The highest BCUT2D eigenvalue weighted by Crippen LogP contribution is 2.44. The van der Waals surface area contributed by atoms with E-state index in [2.05, 4.69) is 15.5 Å². The van der Waals surface area contributed by atoms with Crippen LogP contribution in [-0.4, -0.2) is 16.4 Å². The number of dihydropyridines is 1. The average Bonchev–Trinajstić information content (AvgIpc) is 3.12. The average molecular weight is 440 g/mol. The van der Waals surface area contributed by atoms with Gasteiger partial charge >= 0.3 is 6.18 Å². The molecule has 0 fully saturated rings. The minimum absolute atomic E-state index is 0.00682. The molecule has 0 saturated carbocycles. The van der Waals surface area contributed by atoms with Gasteiger partial charge < -0.3 is 5.32 Å². The van der Waals surface area contributed by atoms with Gasteiger partial charge in [0, 0.05) is 16.1 Å². The molecular weight excluding hydrogens is 427 g/mol. The van der Waals surface area contributed by atoms with E-state index < -0.39 is 23.4 Å². The first-order valence-corrected chi connectivity index (χ1v) is 9.45. The number of aromatic amines is 1. The van der Waals surface area contributed by atoms with Crippen LogP contribution in [0.2, 0.25) is 5.02 Å². The first kappa shape index (κ1) is 20.5. The Kier molecular flexibility index (Phi) is 4.96. The van der Waals surface area contributed by atoms with Crippen molar-refractivity contribution in [2.45, 2.75) is 19.0 Å². The molecule has 0 saturated heterocycles. The third-order valence-corrected chi connectivity index (χ3v) is 5.38. The molecule has 154 valence electrons. The van der Waals surface area contributed by atoms with E-state index in [1.54, 1.807) is 31.2 Å². The number of hydrogen-bond donors (Lipinski definition) is 2. The van der Waals surface area contributed by atoms with Gasteiger partial charge in [0.25, 0.3) is 0 Å². The molecule has 2 aromatic carbocycles. The number of halogens is 4. The van der Waals surface area contributed by atoms with Gasteiger partial charge in [0.1, 0.15) is 5.70 Å². The van der Waals surface area contributed by atoms with Crippen LogP contribution in [0.5, 0.6) is 0 Å². The molecule has 2 heterocycles. The van der Waals surface area contributed by atoms with Crippen molar-refractivity contribution < 1.29 is 13.2 Å². The van der Waals surface area contributed by atoms with Crippen molar-refractivity contribution in [3.8, 4) is 12.1 Å². The van der Waals surface area contributed by atoms with Crippen LogP contribution in [0.25, 0.3) is 16.6 Å². The minimum Gasteiger partial charge on any atom is -0.349 e. The Bertz CT molecular complexity index is 1330. The Morgan fingerprint density at radius 1 is 1.03 bits per heavy atom. The zero-order chi connectivity index (χ0) is 22.3. The van der Waals surface area contributed by atoms with Crippen molar-refractivity contribution in [3.05, 3.63) is 81.2 Å². The lowest BCUT2D eigenvalue weighted by Crippen LogP contribution is -2.33. The Balaban J connectivity index is 2.02. The van der Waals surface area contributed by atoms with E-state index in [0.29, 0.717) is 27.1 Å². The quantitative estimate of drug-likeness (QED) is 0.553.